The summed E-state index contributed by atoms with van der Waals surface area (Å²) in [4.78, 5) is 0. The molecule has 2 heteroatoms. The highest BCUT2D eigenvalue weighted by Gasteiger charge is 2.00. The lowest BCUT2D eigenvalue weighted by Crippen LogP contribution is -2.04. The maximum Gasteiger partial charge on any atom is 0.120 e. The van der Waals surface area contributed by atoms with E-state index in [1.807, 2.05) is 24.3 Å². The molecule has 0 amide bonds. The third-order valence-electron chi connectivity index (χ3n) is 2.98. The van der Waals surface area contributed by atoms with E-state index < -0.39 is 0 Å². The molecule has 0 atom stereocenters. The number of hydrogen-bond acceptors (Lipinski definition) is 2. The van der Waals surface area contributed by atoms with Gasteiger partial charge in [-0.25, -0.2) is 0 Å². The van der Waals surface area contributed by atoms with Crippen molar-refractivity contribution in [3.8, 4) is 5.75 Å². The predicted molar refractivity (Wildman–Crippen MR) is 74.7 cm³/mol. The van der Waals surface area contributed by atoms with Gasteiger partial charge in [-0.05, 0) is 48.7 Å². The zero-order valence-electron chi connectivity index (χ0n) is 10.7. The lowest BCUT2D eigenvalue weighted by atomic mass is 10.1. The average molecular weight is 241 g/mol. The van der Waals surface area contributed by atoms with E-state index in [-0.39, 0.29) is 0 Å². The summed E-state index contributed by atoms with van der Waals surface area (Å²) < 4.78 is 5.77. The minimum atomic E-state index is 0.608. The first-order valence-electron chi connectivity index (χ1n) is 6.26. The molecule has 2 nitrogen and oxygen atoms in total. The van der Waals surface area contributed by atoms with E-state index in [0.717, 1.165) is 12.2 Å². The van der Waals surface area contributed by atoms with Gasteiger partial charge in [0, 0.05) is 0 Å². The van der Waals surface area contributed by atoms with Gasteiger partial charge < -0.3 is 10.5 Å². The SMILES string of the molecule is Cc1cc(OCc2ccccc2)ccc1CCN. The van der Waals surface area contributed by atoms with E-state index in [4.69, 9.17) is 10.5 Å². The second-order valence-electron chi connectivity index (χ2n) is 4.40. The van der Waals surface area contributed by atoms with Gasteiger partial charge in [0.25, 0.3) is 0 Å². The number of nitrogens with two attached hydrogens (primary N) is 1. The Kier molecular flexibility index (Phi) is 4.37. The van der Waals surface area contributed by atoms with Crippen LogP contribution in [0.15, 0.2) is 48.5 Å². The molecular weight excluding hydrogens is 222 g/mol. The van der Waals surface area contributed by atoms with Crippen LogP contribution in [-0.2, 0) is 13.0 Å². The number of rotatable bonds is 5. The Labute approximate surface area is 108 Å². The van der Waals surface area contributed by atoms with Gasteiger partial charge in [0.1, 0.15) is 12.4 Å². The van der Waals surface area contributed by atoms with Crippen LogP contribution in [0, 0.1) is 6.92 Å². The summed E-state index contributed by atoms with van der Waals surface area (Å²) in [5, 5.41) is 0. The summed E-state index contributed by atoms with van der Waals surface area (Å²) in [7, 11) is 0. The Morgan fingerprint density at radius 3 is 2.50 bits per heavy atom. The van der Waals surface area contributed by atoms with Crippen molar-refractivity contribution in [3.05, 3.63) is 65.2 Å². The van der Waals surface area contributed by atoms with Gasteiger partial charge in [0.2, 0.25) is 0 Å². The van der Waals surface area contributed by atoms with Crippen LogP contribution in [0.3, 0.4) is 0 Å². The fourth-order valence-electron chi connectivity index (χ4n) is 1.94. The van der Waals surface area contributed by atoms with Crippen LogP contribution in [0.4, 0.5) is 0 Å². The average Bonchev–Trinajstić information content (AvgIpc) is 2.41. The lowest BCUT2D eigenvalue weighted by molar-refractivity contribution is 0.306. The van der Waals surface area contributed by atoms with Crippen LogP contribution in [0.25, 0.3) is 0 Å². The zero-order chi connectivity index (χ0) is 12.8. The summed E-state index contributed by atoms with van der Waals surface area (Å²) in [5.74, 6) is 0.914. The molecule has 0 saturated carbocycles. The molecular formula is C16H19NO. The van der Waals surface area contributed by atoms with E-state index in [1.54, 1.807) is 0 Å². The Bertz CT molecular complexity index is 494. The molecule has 2 rings (SSSR count). The van der Waals surface area contributed by atoms with Gasteiger partial charge in [-0.3, -0.25) is 0 Å². The van der Waals surface area contributed by atoms with E-state index in [0.29, 0.717) is 13.2 Å². The molecule has 0 fully saturated rings. The first-order valence-corrected chi connectivity index (χ1v) is 6.26. The van der Waals surface area contributed by atoms with E-state index in [2.05, 4.69) is 31.2 Å². The van der Waals surface area contributed by atoms with Crippen LogP contribution in [-0.4, -0.2) is 6.54 Å². The van der Waals surface area contributed by atoms with Crippen molar-refractivity contribution in [3.63, 3.8) is 0 Å². The highest BCUT2D eigenvalue weighted by atomic mass is 16.5. The molecule has 0 bridgehead atoms. The van der Waals surface area contributed by atoms with Crippen molar-refractivity contribution >= 4 is 0 Å². The van der Waals surface area contributed by atoms with Gasteiger partial charge in [-0.15, -0.1) is 0 Å². The normalized spacial score (nSPS) is 10.3. The lowest BCUT2D eigenvalue weighted by Gasteiger charge is -2.09. The topological polar surface area (TPSA) is 35.2 Å². The first-order chi connectivity index (χ1) is 8.79. The van der Waals surface area contributed by atoms with E-state index in [9.17, 15) is 0 Å². The van der Waals surface area contributed by atoms with Crippen molar-refractivity contribution in [1.82, 2.24) is 0 Å². The Balaban J connectivity index is 2.00. The van der Waals surface area contributed by atoms with Crippen LogP contribution in [0.2, 0.25) is 0 Å². The summed E-state index contributed by atoms with van der Waals surface area (Å²) in [6, 6.07) is 16.4. The number of benzene rings is 2. The van der Waals surface area contributed by atoms with Crippen molar-refractivity contribution < 1.29 is 4.74 Å². The van der Waals surface area contributed by atoms with Crippen LogP contribution in [0.1, 0.15) is 16.7 Å². The monoisotopic (exact) mass is 241 g/mol. The van der Waals surface area contributed by atoms with E-state index in [1.165, 1.54) is 16.7 Å². The molecule has 0 heterocycles. The second kappa shape index (κ2) is 6.22. The number of hydrogen-bond donors (Lipinski definition) is 1. The molecule has 0 aromatic heterocycles. The van der Waals surface area contributed by atoms with E-state index >= 15 is 0 Å². The number of ether oxygens (including phenoxy) is 1. The summed E-state index contributed by atoms with van der Waals surface area (Å²) in [5.41, 5.74) is 9.29. The third kappa shape index (κ3) is 3.34. The minimum absolute atomic E-state index is 0.608. The Morgan fingerprint density at radius 2 is 1.83 bits per heavy atom. The Morgan fingerprint density at radius 1 is 1.06 bits per heavy atom. The smallest absolute Gasteiger partial charge is 0.120 e. The maximum absolute atomic E-state index is 5.77. The maximum atomic E-state index is 5.77. The summed E-state index contributed by atoms with van der Waals surface area (Å²) in [6.07, 6.45) is 0.921. The largest absolute Gasteiger partial charge is 0.489 e. The number of aryl methyl sites for hydroxylation is 1. The van der Waals surface area contributed by atoms with Gasteiger partial charge in [0.05, 0.1) is 0 Å². The molecule has 0 saturated heterocycles. The summed E-state index contributed by atoms with van der Waals surface area (Å²) in [6.45, 7) is 3.39. The van der Waals surface area contributed by atoms with Gasteiger partial charge in [-0.2, -0.15) is 0 Å². The molecule has 0 radical (unpaired) electrons. The van der Waals surface area contributed by atoms with Crippen molar-refractivity contribution in [2.75, 3.05) is 6.54 Å². The minimum Gasteiger partial charge on any atom is -0.489 e. The summed E-state index contributed by atoms with van der Waals surface area (Å²) >= 11 is 0. The molecule has 18 heavy (non-hydrogen) atoms. The molecule has 0 aliphatic rings. The van der Waals surface area contributed by atoms with Crippen LogP contribution in [0.5, 0.6) is 5.75 Å². The van der Waals surface area contributed by atoms with Crippen LogP contribution >= 0.6 is 0 Å². The molecule has 0 aliphatic carbocycles. The van der Waals surface area contributed by atoms with Gasteiger partial charge >= 0.3 is 0 Å². The second-order valence-corrected chi connectivity index (χ2v) is 4.40. The quantitative estimate of drug-likeness (QED) is 0.873. The van der Waals surface area contributed by atoms with Gasteiger partial charge in [0.15, 0.2) is 0 Å². The van der Waals surface area contributed by atoms with Crippen LogP contribution < -0.4 is 10.5 Å². The molecule has 2 aromatic carbocycles. The molecule has 0 aliphatic heterocycles. The molecule has 94 valence electrons. The highest BCUT2D eigenvalue weighted by Crippen LogP contribution is 2.18. The standard InChI is InChI=1S/C16H19NO/c1-13-11-16(8-7-15(13)9-10-17)18-12-14-5-3-2-4-6-14/h2-8,11H,9-10,12,17H2,1H3. The molecule has 0 spiro atoms. The van der Waals surface area contributed by atoms with Crippen molar-refractivity contribution in [2.24, 2.45) is 5.73 Å². The van der Waals surface area contributed by atoms with Gasteiger partial charge in [-0.1, -0.05) is 36.4 Å². The van der Waals surface area contributed by atoms with Crippen molar-refractivity contribution in [2.45, 2.75) is 20.0 Å². The predicted octanol–water partition coefficient (Wildman–Crippen LogP) is 3.08. The molecule has 2 N–H and O–H groups in total. The van der Waals surface area contributed by atoms with Crippen molar-refractivity contribution in [1.29, 1.82) is 0 Å². The molecule has 0 unspecified atom stereocenters. The Hall–Kier alpha value is -1.80. The first kappa shape index (κ1) is 12.7. The fourth-order valence-corrected chi connectivity index (χ4v) is 1.94. The highest BCUT2D eigenvalue weighted by molar-refractivity contribution is 5.35. The molecule has 2 aromatic rings. The fraction of sp³-hybridized carbons (Fsp3) is 0.250. The third-order valence-corrected chi connectivity index (χ3v) is 2.98. The zero-order valence-corrected chi connectivity index (χ0v) is 10.7.